The van der Waals surface area contributed by atoms with Crippen molar-refractivity contribution in [2.45, 2.75) is 6.42 Å². The summed E-state index contributed by atoms with van der Waals surface area (Å²) in [5.41, 5.74) is 1.12. The quantitative estimate of drug-likeness (QED) is 0.839. The van der Waals surface area contributed by atoms with Gasteiger partial charge in [-0.05, 0) is 36.4 Å². The first kappa shape index (κ1) is 17.1. The van der Waals surface area contributed by atoms with Crippen molar-refractivity contribution in [3.8, 4) is 0 Å². The second-order valence-corrected chi connectivity index (χ2v) is 6.78. The molecule has 24 heavy (non-hydrogen) atoms. The smallest absolute Gasteiger partial charge is 0.229 e. The molecule has 4 nitrogen and oxygen atoms in total. The summed E-state index contributed by atoms with van der Waals surface area (Å²) in [5.74, 6) is -0.849. The topological polar surface area (TPSA) is 49.4 Å². The van der Waals surface area contributed by atoms with Gasteiger partial charge in [-0.15, -0.1) is 0 Å². The number of hydrogen-bond donors (Lipinski definition) is 1. The minimum Gasteiger partial charge on any atom is -0.324 e. The average Bonchev–Trinajstić information content (AvgIpc) is 2.93. The summed E-state index contributed by atoms with van der Waals surface area (Å²) in [4.78, 5) is 26.2. The molecule has 0 saturated carbocycles. The highest BCUT2D eigenvalue weighted by Gasteiger charge is 2.35. The van der Waals surface area contributed by atoms with Gasteiger partial charge >= 0.3 is 0 Å². The normalized spacial score (nSPS) is 17.2. The van der Waals surface area contributed by atoms with Crippen LogP contribution in [-0.4, -0.2) is 18.4 Å². The molecule has 2 amide bonds. The molecule has 1 N–H and O–H groups in total. The third kappa shape index (κ3) is 3.66. The number of nitrogens with zero attached hydrogens (tertiary/aromatic N) is 1. The van der Waals surface area contributed by atoms with E-state index < -0.39 is 5.92 Å². The highest BCUT2D eigenvalue weighted by Crippen LogP contribution is 2.30. The van der Waals surface area contributed by atoms with E-state index in [4.69, 9.17) is 34.8 Å². The van der Waals surface area contributed by atoms with Gasteiger partial charge in [-0.3, -0.25) is 9.59 Å². The van der Waals surface area contributed by atoms with Gasteiger partial charge < -0.3 is 10.2 Å². The first-order valence-corrected chi connectivity index (χ1v) is 8.39. The number of rotatable bonds is 3. The van der Waals surface area contributed by atoms with Gasteiger partial charge in [0.15, 0.2) is 0 Å². The first-order valence-electron chi connectivity index (χ1n) is 7.26. The molecule has 1 fully saturated rings. The van der Waals surface area contributed by atoms with Crippen LogP contribution >= 0.6 is 34.8 Å². The van der Waals surface area contributed by atoms with E-state index in [0.29, 0.717) is 33.0 Å². The van der Waals surface area contributed by atoms with Gasteiger partial charge in [0.05, 0.1) is 16.6 Å². The van der Waals surface area contributed by atoms with Gasteiger partial charge in [-0.25, -0.2) is 0 Å². The van der Waals surface area contributed by atoms with Gasteiger partial charge in [0, 0.05) is 28.7 Å². The molecular formula is C17H13Cl3N2O2. The van der Waals surface area contributed by atoms with E-state index in [1.807, 2.05) is 0 Å². The SMILES string of the molecule is O=C(Nc1cc(Cl)ccc1Cl)[C@H]1CC(=O)N(c2cccc(Cl)c2)C1. The number of halogens is 3. The molecule has 0 radical (unpaired) electrons. The number of amides is 2. The highest BCUT2D eigenvalue weighted by atomic mass is 35.5. The van der Waals surface area contributed by atoms with Crippen molar-refractivity contribution in [1.29, 1.82) is 0 Å². The number of anilines is 2. The highest BCUT2D eigenvalue weighted by molar-refractivity contribution is 6.35. The molecule has 1 atom stereocenters. The summed E-state index contributed by atoms with van der Waals surface area (Å²) in [6.07, 6.45) is 0.135. The molecule has 7 heteroatoms. The van der Waals surface area contributed by atoms with E-state index in [1.54, 1.807) is 47.4 Å². The zero-order chi connectivity index (χ0) is 17.3. The van der Waals surface area contributed by atoms with E-state index in [1.165, 1.54) is 0 Å². The van der Waals surface area contributed by atoms with E-state index in [0.717, 1.165) is 0 Å². The van der Waals surface area contributed by atoms with E-state index in [2.05, 4.69) is 5.32 Å². The molecule has 124 valence electrons. The third-order valence-electron chi connectivity index (χ3n) is 3.80. The number of carbonyl (C=O) groups excluding carboxylic acids is 2. The molecule has 2 aromatic rings. The summed E-state index contributed by atoms with van der Waals surface area (Å²) in [6, 6.07) is 11.8. The first-order chi connectivity index (χ1) is 11.4. The van der Waals surface area contributed by atoms with E-state index in [9.17, 15) is 9.59 Å². The zero-order valence-corrected chi connectivity index (χ0v) is 14.7. The van der Waals surface area contributed by atoms with E-state index >= 15 is 0 Å². The Morgan fingerprint density at radius 3 is 2.58 bits per heavy atom. The Kier molecular flexibility index (Phi) is 4.99. The Hall–Kier alpha value is -1.75. The van der Waals surface area contributed by atoms with Crippen LogP contribution in [0.4, 0.5) is 11.4 Å². The van der Waals surface area contributed by atoms with Gasteiger partial charge in [0.2, 0.25) is 11.8 Å². The third-order valence-corrected chi connectivity index (χ3v) is 4.60. The van der Waals surface area contributed by atoms with Crippen LogP contribution in [0.1, 0.15) is 6.42 Å². The van der Waals surface area contributed by atoms with Crippen LogP contribution in [0.2, 0.25) is 15.1 Å². The molecule has 2 aromatic carbocycles. The van der Waals surface area contributed by atoms with Crippen LogP contribution in [0.15, 0.2) is 42.5 Å². The van der Waals surface area contributed by atoms with Crippen molar-refractivity contribution < 1.29 is 9.59 Å². The minimum atomic E-state index is -0.466. The van der Waals surface area contributed by atoms with E-state index in [-0.39, 0.29) is 18.2 Å². The second-order valence-electron chi connectivity index (χ2n) is 5.50. The average molecular weight is 384 g/mol. The molecule has 3 rings (SSSR count). The molecule has 1 aliphatic rings. The standard InChI is InChI=1S/C17H13Cl3N2O2/c18-11-2-1-3-13(7-11)22-9-10(6-16(22)23)17(24)21-15-8-12(19)4-5-14(15)20/h1-5,7-8,10H,6,9H2,(H,21,24)/t10-/m0/s1. The van der Waals surface area contributed by atoms with Crippen LogP contribution in [0, 0.1) is 5.92 Å². The second kappa shape index (κ2) is 7.01. The zero-order valence-electron chi connectivity index (χ0n) is 12.4. The lowest BCUT2D eigenvalue weighted by molar-refractivity contribution is -0.122. The Balaban J connectivity index is 1.73. The van der Waals surface area contributed by atoms with Gasteiger partial charge in [-0.2, -0.15) is 0 Å². The van der Waals surface area contributed by atoms with Gasteiger partial charge in [0.25, 0.3) is 0 Å². The summed E-state index contributed by atoms with van der Waals surface area (Å²) < 4.78 is 0. The van der Waals surface area contributed by atoms with Crippen LogP contribution in [0.5, 0.6) is 0 Å². The fourth-order valence-electron chi connectivity index (χ4n) is 2.60. The predicted octanol–water partition coefficient (Wildman–Crippen LogP) is 4.64. The van der Waals surface area contributed by atoms with Crippen molar-refractivity contribution >= 4 is 58.0 Å². The monoisotopic (exact) mass is 382 g/mol. The maximum Gasteiger partial charge on any atom is 0.229 e. The van der Waals surface area contributed by atoms with Crippen LogP contribution in [0.3, 0.4) is 0 Å². The van der Waals surface area contributed by atoms with Crippen molar-refractivity contribution in [1.82, 2.24) is 0 Å². The van der Waals surface area contributed by atoms with Crippen LogP contribution in [-0.2, 0) is 9.59 Å². The summed E-state index contributed by atoms with van der Waals surface area (Å²) in [6.45, 7) is 0.295. The molecule has 1 heterocycles. The lowest BCUT2D eigenvalue weighted by Crippen LogP contribution is -2.28. The molecule has 1 aliphatic heterocycles. The molecule has 0 aliphatic carbocycles. The lowest BCUT2D eigenvalue weighted by Gasteiger charge is -2.17. The number of benzene rings is 2. The van der Waals surface area contributed by atoms with Crippen LogP contribution in [0.25, 0.3) is 0 Å². The van der Waals surface area contributed by atoms with Gasteiger partial charge in [-0.1, -0.05) is 40.9 Å². The van der Waals surface area contributed by atoms with Crippen LogP contribution < -0.4 is 10.2 Å². The number of nitrogens with one attached hydrogen (secondary N) is 1. The molecular weight excluding hydrogens is 371 g/mol. The number of carbonyl (C=O) groups is 2. The fraction of sp³-hybridized carbons (Fsp3) is 0.176. The summed E-state index contributed by atoms with van der Waals surface area (Å²) in [5, 5.41) is 4.14. The molecule has 1 saturated heterocycles. The Bertz CT molecular complexity index is 810. The molecule has 0 bridgehead atoms. The summed E-state index contributed by atoms with van der Waals surface area (Å²) >= 11 is 17.9. The maximum absolute atomic E-state index is 12.4. The van der Waals surface area contributed by atoms with Crippen molar-refractivity contribution in [2.24, 2.45) is 5.92 Å². The molecule has 0 unspecified atom stereocenters. The predicted molar refractivity (Wildman–Crippen MR) is 97.0 cm³/mol. The largest absolute Gasteiger partial charge is 0.324 e. The Labute approximate surface area is 154 Å². The maximum atomic E-state index is 12.4. The van der Waals surface area contributed by atoms with Gasteiger partial charge in [0.1, 0.15) is 0 Å². The number of hydrogen-bond acceptors (Lipinski definition) is 2. The van der Waals surface area contributed by atoms with Crippen molar-refractivity contribution in [2.75, 3.05) is 16.8 Å². The molecule has 0 aromatic heterocycles. The summed E-state index contributed by atoms with van der Waals surface area (Å²) in [7, 11) is 0. The van der Waals surface area contributed by atoms with Crippen molar-refractivity contribution in [3.05, 3.63) is 57.5 Å². The van der Waals surface area contributed by atoms with Crippen molar-refractivity contribution in [3.63, 3.8) is 0 Å². The lowest BCUT2D eigenvalue weighted by atomic mass is 10.1. The molecule has 0 spiro atoms. The minimum absolute atomic E-state index is 0.116. The Morgan fingerprint density at radius 2 is 1.83 bits per heavy atom. The Morgan fingerprint density at radius 1 is 1.08 bits per heavy atom. The fourth-order valence-corrected chi connectivity index (χ4v) is 3.13.